The van der Waals surface area contributed by atoms with E-state index in [2.05, 4.69) is 159 Å². The second kappa shape index (κ2) is 16.3. The fourth-order valence-corrected chi connectivity index (χ4v) is 9.92. The molecule has 7 aromatic rings. The van der Waals surface area contributed by atoms with Gasteiger partial charge in [0.1, 0.15) is 0 Å². The monoisotopic (exact) mass is 909 g/mol. The molecule has 0 aliphatic carbocycles. The van der Waals surface area contributed by atoms with Crippen LogP contribution in [-0.4, -0.2) is 18.0 Å². The molecule has 0 aliphatic rings. The summed E-state index contributed by atoms with van der Waals surface area (Å²) in [5.41, 5.74) is 13.7. The van der Waals surface area contributed by atoms with Crippen LogP contribution < -0.4 is 5.19 Å². The minimum absolute atomic E-state index is 0. The maximum absolute atomic E-state index is 4.82. The summed E-state index contributed by atoms with van der Waals surface area (Å²) in [4.78, 5) is 9.48. The van der Waals surface area contributed by atoms with Crippen LogP contribution in [-0.2, 0) is 26.5 Å². The van der Waals surface area contributed by atoms with E-state index in [1.54, 1.807) is 0 Å². The Hall–Kier alpha value is -3.73. The van der Waals surface area contributed by atoms with Crippen molar-refractivity contribution in [2.45, 2.75) is 87.4 Å². The number of benzene rings is 4. The Bertz CT molecular complexity index is 2340. The molecule has 0 unspecified atom stereocenters. The van der Waals surface area contributed by atoms with Crippen LogP contribution in [0.5, 0.6) is 0 Å². The number of hydrogen-bond acceptors (Lipinski definition) is 3. The molecule has 0 fully saturated rings. The molecule has 3 aromatic heterocycles. The van der Waals surface area contributed by atoms with E-state index >= 15 is 0 Å². The molecule has 275 valence electrons. The molecule has 0 spiro atoms. The van der Waals surface area contributed by atoms with E-state index in [1.165, 1.54) is 64.3 Å². The number of thiophene rings is 1. The van der Waals surface area contributed by atoms with Crippen LogP contribution in [0.3, 0.4) is 0 Å². The van der Waals surface area contributed by atoms with Gasteiger partial charge in [-0.3, -0.25) is 0 Å². The molecule has 0 saturated carbocycles. The van der Waals surface area contributed by atoms with Crippen molar-refractivity contribution in [1.29, 1.82) is 0 Å². The zero-order valence-corrected chi connectivity index (χ0v) is 37.4. The van der Waals surface area contributed by atoms with E-state index in [4.69, 9.17) is 4.98 Å². The molecular weight excluding hydrogens is 857 g/mol. The van der Waals surface area contributed by atoms with Gasteiger partial charge in [-0.2, -0.15) is 11.3 Å². The predicted molar refractivity (Wildman–Crippen MR) is 230 cm³/mol. The smallest absolute Gasteiger partial charge is 0.0799 e. The molecule has 0 aliphatic heterocycles. The molecule has 5 heteroatoms. The minimum atomic E-state index is -1.34. The Labute approximate surface area is 336 Å². The molecule has 0 bridgehead atoms. The first-order chi connectivity index (χ1) is 24.6. The van der Waals surface area contributed by atoms with Gasteiger partial charge < -0.3 is 9.97 Å². The van der Waals surface area contributed by atoms with Gasteiger partial charge in [0.15, 0.2) is 0 Å². The summed E-state index contributed by atoms with van der Waals surface area (Å²) >= 11 is 1.85. The molecule has 0 atom stereocenters. The number of rotatable bonds is 6. The zero-order chi connectivity index (χ0) is 37.4. The van der Waals surface area contributed by atoms with Crippen molar-refractivity contribution >= 4 is 44.8 Å². The fourth-order valence-electron chi connectivity index (χ4n) is 6.99. The summed E-state index contributed by atoms with van der Waals surface area (Å²) in [5, 5.41) is 4.07. The Kier molecular flexibility index (Phi) is 12.5. The van der Waals surface area contributed by atoms with Gasteiger partial charge in [-0.1, -0.05) is 124 Å². The van der Waals surface area contributed by atoms with Gasteiger partial charge in [-0.15, -0.1) is 59.7 Å². The van der Waals surface area contributed by atoms with E-state index < -0.39 is 8.07 Å². The van der Waals surface area contributed by atoms with Crippen LogP contribution in [0.4, 0.5) is 0 Å². The minimum Gasteiger partial charge on any atom is -0.305 e. The first-order valence-corrected chi connectivity index (χ1v) is 22.8. The molecule has 2 nitrogen and oxygen atoms in total. The van der Waals surface area contributed by atoms with Gasteiger partial charge in [-0.05, 0) is 87.9 Å². The Balaban J connectivity index is 0.000000232. The molecule has 4 aromatic carbocycles. The number of aryl methyl sites for hydroxylation is 3. The molecule has 53 heavy (non-hydrogen) atoms. The van der Waals surface area contributed by atoms with Crippen molar-refractivity contribution < 1.29 is 20.1 Å². The maximum atomic E-state index is 4.82. The first-order valence-electron chi connectivity index (χ1n) is 18.5. The first kappa shape index (κ1) is 40.5. The average Bonchev–Trinajstić information content (AvgIpc) is 3.46. The Morgan fingerprint density at radius 3 is 2.09 bits per heavy atom. The normalized spacial score (nSPS) is 11.8. The van der Waals surface area contributed by atoms with Crippen molar-refractivity contribution in [2.24, 2.45) is 5.41 Å². The van der Waals surface area contributed by atoms with E-state index in [9.17, 15) is 0 Å². The number of pyridine rings is 2. The van der Waals surface area contributed by atoms with Crippen LogP contribution in [0, 0.1) is 38.3 Å². The molecule has 3 heterocycles. The molecule has 0 saturated heterocycles. The van der Waals surface area contributed by atoms with E-state index in [0.29, 0.717) is 5.92 Å². The predicted octanol–water partition coefficient (Wildman–Crippen LogP) is 13.3. The summed E-state index contributed by atoms with van der Waals surface area (Å²) in [7, 11) is -1.34. The summed E-state index contributed by atoms with van der Waals surface area (Å²) in [5.74, 6) is 0.534. The quantitative estimate of drug-likeness (QED) is 0.123. The van der Waals surface area contributed by atoms with Gasteiger partial charge in [0.25, 0.3) is 0 Å². The number of hydrogen-bond donors (Lipinski definition) is 0. The van der Waals surface area contributed by atoms with Crippen LogP contribution in [0.25, 0.3) is 53.8 Å². The summed E-state index contributed by atoms with van der Waals surface area (Å²) in [6.07, 6.45) is 5.16. The van der Waals surface area contributed by atoms with E-state index in [0.717, 1.165) is 28.9 Å². The summed E-state index contributed by atoms with van der Waals surface area (Å²) in [6.45, 7) is 25.0. The van der Waals surface area contributed by atoms with Gasteiger partial charge in [0, 0.05) is 37.2 Å². The van der Waals surface area contributed by atoms with Crippen LogP contribution >= 0.6 is 11.3 Å². The molecule has 0 N–H and O–H groups in total. The number of fused-ring (bicyclic) bond motifs is 3. The van der Waals surface area contributed by atoms with Crippen molar-refractivity contribution in [2.75, 3.05) is 0 Å². The standard InChI is InChI=1S/C31H30NS.C17H22NSi.Ir/c1-19-12-20(2)14-23(13-19)22-10-11-25-26-8-7-9-27(30(26)33-29(25)16-22)28-15-24(17-31(4,5)6)21(3)18-32-28;1-13(2)15-11-16(14-9-7-6-8-10-14)18-12-17(15)19(3,4)5;/h7-8,10-16,18H,17H2,1-6H3;6-9,11-13H,1-5H3;/q2*-1;. The molecule has 1 radical (unpaired) electrons. The van der Waals surface area contributed by atoms with Crippen molar-refractivity contribution in [3.8, 4) is 33.6 Å². The molecular formula is C48H52IrN2SSi-2. The van der Waals surface area contributed by atoms with Crippen molar-refractivity contribution in [3.63, 3.8) is 0 Å². The molecule has 7 rings (SSSR count). The largest absolute Gasteiger partial charge is 0.305 e. The third-order valence-electron chi connectivity index (χ3n) is 9.53. The molecule has 0 amide bonds. The summed E-state index contributed by atoms with van der Waals surface area (Å²) < 4.78 is 2.58. The van der Waals surface area contributed by atoms with E-state index in [1.807, 2.05) is 41.8 Å². The Morgan fingerprint density at radius 2 is 1.45 bits per heavy atom. The van der Waals surface area contributed by atoms with Gasteiger partial charge in [0.2, 0.25) is 0 Å². The third-order valence-corrected chi connectivity index (χ3v) is 12.8. The van der Waals surface area contributed by atoms with Gasteiger partial charge in [0.05, 0.1) is 8.07 Å². The maximum Gasteiger partial charge on any atom is 0.0799 e. The zero-order valence-electron chi connectivity index (χ0n) is 33.2. The second-order valence-corrected chi connectivity index (χ2v) is 22.9. The topological polar surface area (TPSA) is 25.8 Å². The van der Waals surface area contributed by atoms with E-state index in [-0.39, 0.29) is 25.5 Å². The van der Waals surface area contributed by atoms with Gasteiger partial charge in [-0.25, -0.2) is 0 Å². The Morgan fingerprint density at radius 1 is 0.736 bits per heavy atom. The average molecular weight is 909 g/mol. The van der Waals surface area contributed by atoms with Crippen LogP contribution in [0.2, 0.25) is 19.6 Å². The fraction of sp³-hybridized carbons (Fsp3) is 0.292. The van der Waals surface area contributed by atoms with Gasteiger partial charge >= 0.3 is 0 Å². The van der Waals surface area contributed by atoms with Crippen molar-refractivity contribution in [1.82, 2.24) is 9.97 Å². The second-order valence-electron chi connectivity index (χ2n) is 16.9. The summed E-state index contributed by atoms with van der Waals surface area (Å²) in [6, 6.07) is 37.2. The number of aromatic nitrogens is 2. The third kappa shape index (κ3) is 9.50. The SMILES string of the molecule is CC(C)c1cc(-c2[c-]cccc2)ncc1[Si](C)(C)C.Cc1cc(C)cc(-c2ccc3c(c2)sc2c(-c4cc(CC(C)(C)C)c(C)cn4)[c-]ccc23)c1.[Ir]. The number of nitrogens with zero attached hydrogens (tertiary/aromatic N) is 2. The van der Waals surface area contributed by atoms with Crippen LogP contribution in [0.15, 0.2) is 97.3 Å². The van der Waals surface area contributed by atoms with Crippen molar-refractivity contribution in [3.05, 3.63) is 137 Å². The van der Waals surface area contributed by atoms with Crippen LogP contribution in [0.1, 0.15) is 68.4 Å².